The predicted molar refractivity (Wildman–Crippen MR) is 77.3 cm³/mol. The molecular weight excluding hydrogens is 220 g/mol. The molecule has 0 aromatic carbocycles. The molecule has 1 saturated carbocycles. The molecule has 0 aromatic heterocycles. The van der Waals surface area contributed by atoms with Gasteiger partial charge in [0.1, 0.15) is 0 Å². The Morgan fingerprint density at radius 2 is 1.89 bits per heavy atom. The van der Waals surface area contributed by atoms with Gasteiger partial charge in [-0.3, -0.25) is 0 Å². The Labute approximate surface area is 113 Å². The summed E-state index contributed by atoms with van der Waals surface area (Å²) in [5.74, 6) is 0.809. The Kier molecular flexibility index (Phi) is 6.15. The van der Waals surface area contributed by atoms with Gasteiger partial charge in [-0.1, -0.05) is 20.3 Å². The van der Waals surface area contributed by atoms with Crippen molar-refractivity contribution < 1.29 is 0 Å². The van der Waals surface area contributed by atoms with Crippen molar-refractivity contribution in [3.8, 4) is 6.07 Å². The summed E-state index contributed by atoms with van der Waals surface area (Å²) < 4.78 is 0. The molecule has 0 saturated heterocycles. The third kappa shape index (κ3) is 6.40. The van der Waals surface area contributed by atoms with Crippen LogP contribution in [0.3, 0.4) is 0 Å². The largest absolute Gasteiger partial charge is 0.300 e. The van der Waals surface area contributed by atoms with Crippen LogP contribution in [-0.2, 0) is 0 Å². The first-order valence-electron chi connectivity index (χ1n) is 7.60. The molecule has 0 spiro atoms. The van der Waals surface area contributed by atoms with Crippen molar-refractivity contribution in [2.75, 3.05) is 13.1 Å². The summed E-state index contributed by atoms with van der Waals surface area (Å²) in [5.41, 5.74) is -0.137. The molecule has 0 N–H and O–H groups in total. The molecule has 2 nitrogen and oxygen atoms in total. The molecule has 2 heteroatoms. The summed E-state index contributed by atoms with van der Waals surface area (Å²) in [6, 6.07) is 3.27. The molecule has 0 aliphatic heterocycles. The van der Waals surface area contributed by atoms with Gasteiger partial charge in [0.25, 0.3) is 0 Å². The summed E-state index contributed by atoms with van der Waals surface area (Å²) in [6.07, 6.45) is 7.60. The molecular formula is C16H30N2. The lowest BCUT2D eigenvalue weighted by atomic mass is 9.89. The van der Waals surface area contributed by atoms with Gasteiger partial charge < -0.3 is 4.90 Å². The van der Waals surface area contributed by atoms with Gasteiger partial charge in [0, 0.05) is 6.04 Å². The molecule has 0 unspecified atom stereocenters. The number of unbranched alkanes of at least 4 members (excludes halogenated alkanes) is 1. The van der Waals surface area contributed by atoms with E-state index in [4.69, 9.17) is 5.26 Å². The van der Waals surface area contributed by atoms with Crippen LogP contribution >= 0.6 is 0 Å². The van der Waals surface area contributed by atoms with E-state index in [9.17, 15) is 0 Å². The van der Waals surface area contributed by atoms with Crippen molar-refractivity contribution in [3.05, 3.63) is 0 Å². The van der Waals surface area contributed by atoms with Crippen LogP contribution in [0, 0.1) is 22.7 Å². The van der Waals surface area contributed by atoms with E-state index >= 15 is 0 Å². The SMILES string of the molecule is CC(C)CCN(CCCCC(C)(C)C#N)C1CC1. The lowest BCUT2D eigenvalue weighted by molar-refractivity contribution is 0.239. The zero-order valence-electron chi connectivity index (χ0n) is 12.7. The maximum Gasteiger partial charge on any atom is 0.0683 e. The first-order valence-corrected chi connectivity index (χ1v) is 7.60. The first kappa shape index (κ1) is 15.5. The molecule has 1 aliphatic carbocycles. The summed E-state index contributed by atoms with van der Waals surface area (Å²) in [7, 11) is 0. The quantitative estimate of drug-likeness (QED) is 0.573. The number of hydrogen-bond acceptors (Lipinski definition) is 2. The van der Waals surface area contributed by atoms with Gasteiger partial charge in [-0.2, -0.15) is 5.26 Å². The van der Waals surface area contributed by atoms with E-state index < -0.39 is 0 Å². The Hall–Kier alpha value is -0.550. The Morgan fingerprint density at radius 1 is 1.22 bits per heavy atom. The van der Waals surface area contributed by atoms with Crippen LogP contribution in [0.2, 0.25) is 0 Å². The minimum absolute atomic E-state index is 0.137. The van der Waals surface area contributed by atoms with Crippen molar-refractivity contribution in [2.24, 2.45) is 11.3 Å². The fraction of sp³-hybridized carbons (Fsp3) is 0.938. The minimum atomic E-state index is -0.137. The van der Waals surface area contributed by atoms with Gasteiger partial charge in [-0.05, 0) is 65.0 Å². The lowest BCUT2D eigenvalue weighted by Crippen LogP contribution is -2.29. The molecule has 0 radical (unpaired) electrons. The molecule has 104 valence electrons. The number of hydrogen-bond donors (Lipinski definition) is 0. The molecule has 1 aliphatic rings. The Morgan fingerprint density at radius 3 is 2.39 bits per heavy atom. The van der Waals surface area contributed by atoms with Gasteiger partial charge >= 0.3 is 0 Å². The van der Waals surface area contributed by atoms with Crippen molar-refractivity contribution in [3.63, 3.8) is 0 Å². The fourth-order valence-corrected chi connectivity index (χ4v) is 2.28. The predicted octanol–water partition coefficient (Wildman–Crippen LogP) is 4.22. The molecule has 0 atom stereocenters. The van der Waals surface area contributed by atoms with Crippen molar-refractivity contribution in [1.29, 1.82) is 5.26 Å². The Bertz CT molecular complexity index is 271. The first-order chi connectivity index (χ1) is 8.44. The highest BCUT2D eigenvalue weighted by molar-refractivity contribution is 4.91. The minimum Gasteiger partial charge on any atom is -0.300 e. The molecule has 0 bridgehead atoms. The fourth-order valence-electron chi connectivity index (χ4n) is 2.28. The van der Waals surface area contributed by atoms with E-state index in [2.05, 4.69) is 24.8 Å². The topological polar surface area (TPSA) is 27.0 Å². The third-order valence-electron chi connectivity index (χ3n) is 3.86. The summed E-state index contributed by atoms with van der Waals surface area (Å²) in [5, 5.41) is 8.99. The molecule has 0 amide bonds. The van der Waals surface area contributed by atoms with E-state index in [1.165, 1.54) is 45.2 Å². The van der Waals surface area contributed by atoms with Gasteiger partial charge in [0.15, 0.2) is 0 Å². The molecule has 1 rings (SSSR count). The number of nitrogens with zero attached hydrogens (tertiary/aromatic N) is 2. The average Bonchev–Trinajstić information content (AvgIpc) is 3.12. The van der Waals surface area contributed by atoms with Gasteiger partial charge in [-0.15, -0.1) is 0 Å². The van der Waals surface area contributed by atoms with Crippen LogP contribution in [0.4, 0.5) is 0 Å². The smallest absolute Gasteiger partial charge is 0.0683 e. The molecule has 1 fully saturated rings. The van der Waals surface area contributed by atoms with Crippen LogP contribution in [0.1, 0.15) is 66.2 Å². The van der Waals surface area contributed by atoms with Gasteiger partial charge in [-0.25, -0.2) is 0 Å². The second-order valence-corrected chi connectivity index (χ2v) is 6.90. The van der Waals surface area contributed by atoms with E-state index in [-0.39, 0.29) is 5.41 Å². The maximum absolute atomic E-state index is 8.99. The zero-order chi connectivity index (χ0) is 13.6. The number of nitriles is 1. The monoisotopic (exact) mass is 250 g/mol. The maximum atomic E-state index is 8.99. The second-order valence-electron chi connectivity index (χ2n) is 6.90. The zero-order valence-corrected chi connectivity index (χ0v) is 12.7. The van der Waals surface area contributed by atoms with E-state index in [1.54, 1.807) is 0 Å². The lowest BCUT2D eigenvalue weighted by Gasteiger charge is -2.23. The summed E-state index contributed by atoms with van der Waals surface area (Å²) in [6.45, 7) is 11.2. The third-order valence-corrected chi connectivity index (χ3v) is 3.86. The van der Waals surface area contributed by atoms with E-state index in [1.807, 2.05) is 13.8 Å². The molecule has 18 heavy (non-hydrogen) atoms. The highest BCUT2D eigenvalue weighted by atomic mass is 15.2. The average molecular weight is 250 g/mol. The van der Waals surface area contributed by atoms with Crippen LogP contribution in [0.5, 0.6) is 0 Å². The second kappa shape index (κ2) is 7.14. The van der Waals surface area contributed by atoms with Crippen LogP contribution in [0.15, 0.2) is 0 Å². The standard InChI is InChI=1S/C16H30N2/c1-14(2)9-12-18(15-7-8-15)11-6-5-10-16(3,4)13-17/h14-15H,5-12H2,1-4H3. The molecule has 0 heterocycles. The van der Waals surface area contributed by atoms with Gasteiger partial charge in [0.05, 0.1) is 11.5 Å². The highest BCUT2D eigenvalue weighted by Gasteiger charge is 2.28. The van der Waals surface area contributed by atoms with Crippen molar-refractivity contribution >= 4 is 0 Å². The van der Waals surface area contributed by atoms with Gasteiger partial charge in [0.2, 0.25) is 0 Å². The highest BCUT2D eigenvalue weighted by Crippen LogP contribution is 2.28. The Balaban J connectivity index is 2.16. The van der Waals surface area contributed by atoms with E-state index in [0.29, 0.717) is 0 Å². The molecule has 0 aromatic rings. The van der Waals surface area contributed by atoms with Crippen LogP contribution < -0.4 is 0 Å². The van der Waals surface area contributed by atoms with Crippen molar-refractivity contribution in [2.45, 2.75) is 72.3 Å². The van der Waals surface area contributed by atoms with E-state index in [0.717, 1.165) is 18.4 Å². The summed E-state index contributed by atoms with van der Waals surface area (Å²) >= 11 is 0. The van der Waals surface area contributed by atoms with Crippen LogP contribution in [-0.4, -0.2) is 24.0 Å². The normalized spacial score (nSPS) is 16.3. The van der Waals surface area contributed by atoms with Crippen molar-refractivity contribution in [1.82, 2.24) is 4.90 Å². The number of rotatable bonds is 9. The van der Waals surface area contributed by atoms with Crippen LogP contribution in [0.25, 0.3) is 0 Å². The summed E-state index contributed by atoms with van der Waals surface area (Å²) in [4.78, 5) is 2.68.